The number of H-pyrrole nitrogens is 1. The number of nitrogens with one attached hydrogen (secondary N) is 1. The largest absolute Gasteiger partial charge is 0.342 e. The van der Waals surface area contributed by atoms with Gasteiger partial charge in [-0.1, -0.05) is 124 Å². The molecule has 0 saturated carbocycles. The number of imidazole rings is 1. The van der Waals surface area contributed by atoms with Gasteiger partial charge in [0.15, 0.2) is 0 Å². The van der Waals surface area contributed by atoms with Crippen LogP contribution in [0.1, 0.15) is 166 Å². The van der Waals surface area contributed by atoms with Gasteiger partial charge in [-0.2, -0.15) is 0 Å². The molecular formula is C31H54N2. The molecule has 1 aromatic carbocycles. The molecule has 188 valence electrons. The Balaban J connectivity index is 2.12. The van der Waals surface area contributed by atoms with E-state index in [4.69, 9.17) is 4.98 Å². The van der Waals surface area contributed by atoms with E-state index in [1.165, 1.54) is 138 Å². The molecule has 0 radical (unpaired) electrons. The number of unbranched alkanes of at least 4 members (excludes halogenated alkanes) is 10. The van der Waals surface area contributed by atoms with Crippen molar-refractivity contribution in [2.45, 2.75) is 155 Å². The smallest absolute Gasteiger partial charge is 0.110 e. The van der Waals surface area contributed by atoms with Crippen LogP contribution in [-0.4, -0.2) is 9.97 Å². The molecule has 0 saturated heterocycles. The Hall–Kier alpha value is -1.31. The Kier molecular flexibility index (Phi) is 14.5. The molecule has 1 aromatic heterocycles. The van der Waals surface area contributed by atoms with Crippen LogP contribution in [0, 0.1) is 0 Å². The van der Waals surface area contributed by atoms with Crippen molar-refractivity contribution in [2.24, 2.45) is 0 Å². The van der Waals surface area contributed by atoms with Crippen molar-refractivity contribution in [3.8, 4) is 0 Å². The van der Waals surface area contributed by atoms with E-state index in [1.807, 2.05) is 0 Å². The second-order valence-electron chi connectivity index (χ2n) is 10.5. The Morgan fingerprint density at radius 1 is 0.606 bits per heavy atom. The molecule has 2 nitrogen and oxygen atoms in total. The monoisotopic (exact) mass is 454 g/mol. The molecule has 0 aliphatic heterocycles. The predicted molar refractivity (Wildman–Crippen MR) is 147 cm³/mol. The Morgan fingerprint density at radius 3 is 1.67 bits per heavy atom. The average Bonchev–Trinajstić information content (AvgIpc) is 3.26. The van der Waals surface area contributed by atoms with Crippen LogP contribution in [0.4, 0.5) is 0 Å². The average molecular weight is 455 g/mol. The van der Waals surface area contributed by atoms with Gasteiger partial charge in [-0.25, -0.2) is 4.98 Å². The highest BCUT2D eigenvalue weighted by Gasteiger charge is 2.17. The minimum atomic E-state index is 0.597. The molecule has 0 fully saturated rings. The van der Waals surface area contributed by atoms with Crippen LogP contribution in [-0.2, 0) is 0 Å². The minimum absolute atomic E-state index is 0.597. The lowest BCUT2D eigenvalue weighted by Gasteiger charge is -2.17. The fraction of sp³-hybridized carbons (Fsp3) is 0.774. The highest BCUT2D eigenvalue weighted by atomic mass is 14.9. The van der Waals surface area contributed by atoms with Gasteiger partial charge >= 0.3 is 0 Å². The van der Waals surface area contributed by atoms with Crippen molar-refractivity contribution in [1.82, 2.24) is 9.97 Å². The van der Waals surface area contributed by atoms with Gasteiger partial charge in [0.2, 0.25) is 0 Å². The molecule has 33 heavy (non-hydrogen) atoms. The van der Waals surface area contributed by atoms with E-state index in [1.54, 1.807) is 0 Å². The normalized spacial score (nSPS) is 12.8. The summed E-state index contributed by atoms with van der Waals surface area (Å²) in [7, 11) is 0. The molecule has 2 aromatic rings. The van der Waals surface area contributed by atoms with Crippen molar-refractivity contribution in [3.05, 3.63) is 29.6 Å². The topological polar surface area (TPSA) is 28.7 Å². The Morgan fingerprint density at radius 2 is 1.12 bits per heavy atom. The molecule has 2 rings (SSSR count). The summed E-state index contributed by atoms with van der Waals surface area (Å²) in [6.07, 6.45) is 24.1. The zero-order chi connectivity index (χ0) is 23.7. The maximum Gasteiger partial charge on any atom is 0.110 e. The maximum absolute atomic E-state index is 5.10. The molecule has 0 amide bonds. The third kappa shape index (κ3) is 10.2. The van der Waals surface area contributed by atoms with E-state index in [9.17, 15) is 0 Å². The van der Waals surface area contributed by atoms with Gasteiger partial charge in [0.05, 0.1) is 11.0 Å². The zero-order valence-electron chi connectivity index (χ0n) is 22.6. The van der Waals surface area contributed by atoms with Crippen LogP contribution >= 0.6 is 0 Å². The molecule has 2 heteroatoms. The van der Waals surface area contributed by atoms with Crippen LogP contribution in [0.15, 0.2) is 18.2 Å². The summed E-state index contributed by atoms with van der Waals surface area (Å²) in [5.41, 5.74) is 3.97. The number of nitrogens with zero attached hydrogens (tertiary/aromatic N) is 1. The number of benzene rings is 1. The lowest BCUT2D eigenvalue weighted by molar-refractivity contribution is 0.483. The van der Waals surface area contributed by atoms with Crippen molar-refractivity contribution < 1.29 is 0 Å². The molecule has 1 unspecified atom stereocenters. The summed E-state index contributed by atoms with van der Waals surface area (Å²) in [6.45, 7) is 9.23. The summed E-state index contributed by atoms with van der Waals surface area (Å²) in [6, 6.07) is 7.11. The van der Waals surface area contributed by atoms with Gasteiger partial charge in [-0.05, 0) is 49.3 Å². The van der Waals surface area contributed by atoms with Gasteiger partial charge in [-0.15, -0.1) is 0 Å². The summed E-state index contributed by atoms with van der Waals surface area (Å²) in [4.78, 5) is 8.90. The number of hydrogen-bond donors (Lipinski definition) is 1. The van der Waals surface area contributed by atoms with Gasteiger partial charge in [0.1, 0.15) is 5.82 Å². The fourth-order valence-corrected chi connectivity index (χ4v) is 5.29. The van der Waals surface area contributed by atoms with E-state index in [2.05, 4.69) is 50.9 Å². The highest BCUT2D eigenvalue weighted by molar-refractivity contribution is 5.76. The molecule has 0 bridgehead atoms. The Labute approximate surface area is 205 Å². The second kappa shape index (κ2) is 17.2. The van der Waals surface area contributed by atoms with Gasteiger partial charge in [-0.3, -0.25) is 0 Å². The lowest BCUT2D eigenvalue weighted by atomic mass is 9.88. The molecular weight excluding hydrogens is 400 g/mol. The van der Waals surface area contributed by atoms with Crippen LogP contribution in [0.25, 0.3) is 11.0 Å². The summed E-state index contributed by atoms with van der Waals surface area (Å²) >= 11 is 0. The molecule has 1 atom stereocenters. The standard InChI is InChI=1S/C31H54N2/c1-5-9-13-16-20-26(19-12-8-4)28-23-24-29-30(25-28)33-31(32-29)27(21-17-14-10-6-2)22-18-15-11-7-3/h23-27H,5-22H2,1-4H3,(H,32,33). The fourth-order valence-electron chi connectivity index (χ4n) is 5.29. The van der Waals surface area contributed by atoms with Crippen molar-refractivity contribution in [1.29, 1.82) is 0 Å². The SMILES string of the molecule is CCCCCCC(CCCC)c1ccc2nc(C(CCCCCC)CCCCCC)[nH]c2c1. The lowest BCUT2D eigenvalue weighted by Crippen LogP contribution is -2.02. The molecule has 1 N–H and O–H groups in total. The maximum atomic E-state index is 5.10. The van der Waals surface area contributed by atoms with Crippen LogP contribution < -0.4 is 0 Å². The van der Waals surface area contributed by atoms with Crippen molar-refractivity contribution in [2.75, 3.05) is 0 Å². The summed E-state index contributed by atoms with van der Waals surface area (Å²) in [5.74, 6) is 2.56. The van der Waals surface area contributed by atoms with E-state index >= 15 is 0 Å². The Bertz CT molecular complexity index is 720. The van der Waals surface area contributed by atoms with Gasteiger partial charge in [0.25, 0.3) is 0 Å². The van der Waals surface area contributed by atoms with Gasteiger partial charge < -0.3 is 4.98 Å². The number of aromatic nitrogens is 2. The first kappa shape index (κ1) is 27.9. The first-order valence-electron chi connectivity index (χ1n) is 14.7. The molecule has 1 heterocycles. The van der Waals surface area contributed by atoms with Gasteiger partial charge in [0, 0.05) is 5.92 Å². The molecule has 0 aliphatic rings. The highest BCUT2D eigenvalue weighted by Crippen LogP contribution is 2.32. The first-order chi connectivity index (χ1) is 16.2. The molecule has 0 aliphatic carbocycles. The van der Waals surface area contributed by atoms with Crippen molar-refractivity contribution >= 4 is 11.0 Å². The quantitative estimate of drug-likeness (QED) is 0.198. The summed E-state index contributed by atoms with van der Waals surface area (Å²) < 4.78 is 0. The van der Waals surface area contributed by atoms with E-state index in [0.717, 1.165) is 0 Å². The zero-order valence-corrected chi connectivity index (χ0v) is 22.6. The van der Waals surface area contributed by atoms with E-state index < -0.39 is 0 Å². The van der Waals surface area contributed by atoms with Crippen molar-refractivity contribution in [3.63, 3.8) is 0 Å². The van der Waals surface area contributed by atoms with Crippen LogP contribution in [0.3, 0.4) is 0 Å². The number of hydrogen-bond acceptors (Lipinski definition) is 1. The first-order valence-corrected chi connectivity index (χ1v) is 14.7. The second-order valence-corrected chi connectivity index (χ2v) is 10.5. The van der Waals surface area contributed by atoms with E-state index in [-0.39, 0.29) is 0 Å². The van der Waals surface area contributed by atoms with Crippen LogP contribution in [0.2, 0.25) is 0 Å². The van der Waals surface area contributed by atoms with E-state index in [0.29, 0.717) is 11.8 Å². The minimum Gasteiger partial charge on any atom is -0.342 e. The predicted octanol–water partition coefficient (Wildman–Crippen LogP) is 10.8. The number of aromatic amines is 1. The molecule has 0 spiro atoms. The number of rotatable bonds is 20. The summed E-state index contributed by atoms with van der Waals surface area (Å²) in [5, 5.41) is 0. The third-order valence-corrected chi connectivity index (χ3v) is 7.51. The van der Waals surface area contributed by atoms with Crippen LogP contribution in [0.5, 0.6) is 0 Å². The number of fused-ring (bicyclic) bond motifs is 1. The third-order valence-electron chi connectivity index (χ3n) is 7.51.